The third-order valence-corrected chi connectivity index (χ3v) is 6.53. The van der Waals surface area contributed by atoms with E-state index >= 15 is 0 Å². The molecule has 164 valence electrons. The van der Waals surface area contributed by atoms with Crippen LogP contribution in [0, 0.1) is 6.92 Å². The predicted molar refractivity (Wildman–Crippen MR) is 121 cm³/mol. The van der Waals surface area contributed by atoms with Crippen LogP contribution in [-0.4, -0.2) is 33.0 Å². The molecular weight excluding hydrogens is 420 g/mol. The second-order valence-electron chi connectivity index (χ2n) is 7.75. The third-order valence-electron chi connectivity index (χ3n) is 5.35. The first-order chi connectivity index (χ1) is 14.6. The summed E-state index contributed by atoms with van der Waals surface area (Å²) in [7, 11) is 0. The molecule has 1 saturated carbocycles. The molecule has 0 spiro atoms. The number of benzene rings is 1. The molecule has 1 aromatic carbocycles. The summed E-state index contributed by atoms with van der Waals surface area (Å²) in [6.45, 7) is 5.16. The Morgan fingerprint density at radius 2 is 2.10 bits per heavy atom. The van der Waals surface area contributed by atoms with Gasteiger partial charge in [0, 0.05) is 17.6 Å². The van der Waals surface area contributed by atoms with Crippen LogP contribution in [0.2, 0.25) is 5.02 Å². The fourth-order valence-electron chi connectivity index (χ4n) is 3.71. The highest BCUT2D eigenvalue weighted by molar-refractivity contribution is 7.99. The number of halogens is 1. The maximum absolute atomic E-state index is 12.1. The van der Waals surface area contributed by atoms with E-state index in [1.165, 1.54) is 31.0 Å². The largest absolute Gasteiger partial charge is 0.485 e. The summed E-state index contributed by atoms with van der Waals surface area (Å²) in [5.41, 5.74) is 0.990. The number of rotatable bonds is 10. The number of ether oxygens (including phenoxy) is 1. The maximum atomic E-state index is 12.1. The monoisotopic (exact) mass is 450 g/mol. The molecule has 1 aliphatic carbocycles. The molecule has 6 nitrogen and oxygen atoms in total. The fourth-order valence-corrected chi connectivity index (χ4v) is 4.79. The van der Waals surface area contributed by atoms with Crippen molar-refractivity contribution in [3.05, 3.63) is 34.6 Å². The Hall–Kier alpha value is -1.73. The van der Waals surface area contributed by atoms with Crippen molar-refractivity contribution in [2.45, 2.75) is 76.6 Å². The van der Waals surface area contributed by atoms with E-state index in [0.29, 0.717) is 23.4 Å². The molecule has 30 heavy (non-hydrogen) atoms. The molecule has 1 fully saturated rings. The van der Waals surface area contributed by atoms with Crippen LogP contribution >= 0.6 is 23.4 Å². The number of aromatic nitrogens is 3. The summed E-state index contributed by atoms with van der Waals surface area (Å²) in [5.74, 6) is 2.00. The Labute approximate surface area is 188 Å². The second kappa shape index (κ2) is 11.6. The van der Waals surface area contributed by atoms with Gasteiger partial charge in [-0.05, 0) is 49.9 Å². The lowest BCUT2D eigenvalue weighted by molar-refractivity contribution is -0.118. The number of carbonyl (C=O) groups excluding carboxylic acids is 1. The van der Waals surface area contributed by atoms with Crippen LogP contribution in [0.15, 0.2) is 23.4 Å². The highest BCUT2D eigenvalue weighted by atomic mass is 35.5. The molecular formula is C22H31ClN4O2S. The van der Waals surface area contributed by atoms with Gasteiger partial charge in [0.15, 0.2) is 11.0 Å². The van der Waals surface area contributed by atoms with Crippen molar-refractivity contribution < 1.29 is 9.53 Å². The van der Waals surface area contributed by atoms with Crippen molar-refractivity contribution in [2.75, 3.05) is 12.3 Å². The second-order valence-corrected chi connectivity index (χ2v) is 9.13. The molecule has 8 heteroatoms. The zero-order valence-corrected chi connectivity index (χ0v) is 19.4. The number of nitrogens with one attached hydrogen (secondary N) is 1. The lowest BCUT2D eigenvalue weighted by Crippen LogP contribution is -2.26. The van der Waals surface area contributed by atoms with Gasteiger partial charge in [-0.25, -0.2) is 0 Å². The normalized spacial score (nSPS) is 14.6. The SMILES string of the molecule is CCCCNC(=O)CSc1nnc(COc2ccc(Cl)cc2C)n1C1CCCCC1. The van der Waals surface area contributed by atoms with Gasteiger partial charge in [0.05, 0.1) is 5.75 Å². The van der Waals surface area contributed by atoms with Crippen molar-refractivity contribution in [3.8, 4) is 5.75 Å². The van der Waals surface area contributed by atoms with Gasteiger partial charge in [0.25, 0.3) is 0 Å². The number of thioether (sulfide) groups is 1. The first kappa shape index (κ1) is 22.9. The van der Waals surface area contributed by atoms with E-state index in [9.17, 15) is 4.79 Å². The third kappa shape index (κ3) is 6.38. The van der Waals surface area contributed by atoms with Crippen molar-refractivity contribution in [3.63, 3.8) is 0 Å². The molecule has 0 aliphatic heterocycles. The lowest BCUT2D eigenvalue weighted by Gasteiger charge is -2.25. The molecule has 0 unspecified atom stereocenters. The Bertz CT molecular complexity index is 837. The zero-order valence-electron chi connectivity index (χ0n) is 17.8. The van der Waals surface area contributed by atoms with Crippen LogP contribution < -0.4 is 10.1 Å². The van der Waals surface area contributed by atoms with Gasteiger partial charge < -0.3 is 10.1 Å². The maximum Gasteiger partial charge on any atom is 0.230 e. The van der Waals surface area contributed by atoms with E-state index in [2.05, 4.69) is 27.0 Å². The highest BCUT2D eigenvalue weighted by Gasteiger charge is 2.24. The summed E-state index contributed by atoms with van der Waals surface area (Å²) >= 11 is 7.51. The number of hydrogen-bond donors (Lipinski definition) is 1. The van der Waals surface area contributed by atoms with Gasteiger partial charge in [-0.3, -0.25) is 9.36 Å². The molecule has 1 amide bonds. The first-order valence-electron chi connectivity index (χ1n) is 10.8. The Morgan fingerprint density at radius 1 is 1.30 bits per heavy atom. The van der Waals surface area contributed by atoms with Gasteiger partial charge in [-0.2, -0.15) is 0 Å². The minimum Gasteiger partial charge on any atom is -0.485 e. The Kier molecular flexibility index (Phi) is 8.88. The van der Waals surface area contributed by atoms with Gasteiger partial charge in [0.1, 0.15) is 12.4 Å². The summed E-state index contributed by atoms with van der Waals surface area (Å²) in [6.07, 6.45) is 7.99. The fraction of sp³-hybridized carbons (Fsp3) is 0.591. The summed E-state index contributed by atoms with van der Waals surface area (Å²) in [5, 5.41) is 13.3. The molecule has 1 N–H and O–H groups in total. The van der Waals surface area contributed by atoms with E-state index in [0.717, 1.165) is 54.5 Å². The average molecular weight is 451 g/mol. The topological polar surface area (TPSA) is 69.0 Å². The van der Waals surface area contributed by atoms with Crippen LogP contribution in [0.1, 0.15) is 69.3 Å². The minimum absolute atomic E-state index is 0.0428. The van der Waals surface area contributed by atoms with E-state index in [4.69, 9.17) is 16.3 Å². The standard InChI is InChI=1S/C22H31ClN4O2S/c1-3-4-12-24-21(28)15-30-22-26-25-20(27(22)18-8-6-5-7-9-18)14-29-19-11-10-17(23)13-16(19)2/h10-11,13,18H,3-9,12,14-15H2,1-2H3,(H,24,28). The number of carbonyl (C=O) groups is 1. The molecule has 3 rings (SSSR count). The van der Waals surface area contributed by atoms with E-state index in [1.807, 2.05) is 25.1 Å². The molecule has 1 aromatic heterocycles. The van der Waals surface area contributed by atoms with Crippen molar-refractivity contribution >= 4 is 29.3 Å². The van der Waals surface area contributed by atoms with Crippen LogP contribution in [0.4, 0.5) is 0 Å². The van der Waals surface area contributed by atoms with Gasteiger partial charge in [0.2, 0.25) is 5.91 Å². The summed E-state index contributed by atoms with van der Waals surface area (Å²) < 4.78 is 8.25. The molecule has 0 radical (unpaired) electrons. The predicted octanol–water partition coefficient (Wildman–Crippen LogP) is 5.33. The van der Waals surface area contributed by atoms with Crippen LogP contribution in [0.5, 0.6) is 5.75 Å². The van der Waals surface area contributed by atoms with Gasteiger partial charge in [-0.15, -0.1) is 10.2 Å². The van der Waals surface area contributed by atoms with E-state index in [1.54, 1.807) is 0 Å². The number of hydrogen-bond acceptors (Lipinski definition) is 5. The van der Waals surface area contributed by atoms with Gasteiger partial charge >= 0.3 is 0 Å². The molecule has 0 atom stereocenters. The number of aryl methyl sites for hydroxylation is 1. The van der Waals surface area contributed by atoms with E-state index < -0.39 is 0 Å². The molecule has 1 heterocycles. The quantitative estimate of drug-likeness (QED) is 0.391. The van der Waals surface area contributed by atoms with E-state index in [-0.39, 0.29) is 5.91 Å². The van der Waals surface area contributed by atoms with Crippen molar-refractivity contribution in [2.24, 2.45) is 0 Å². The van der Waals surface area contributed by atoms with Gasteiger partial charge in [-0.1, -0.05) is 56.0 Å². The smallest absolute Gasteiger partial charge is 0.230 e. The van der Waals surface area contributed by atoms with Crippen LogP contribution in [0.3, 0.4) is 0 Å². The summed E-state index contributed by atoms with van der Waals surface area (Å²) in [6, 6.07) is 5.97. The lowest BCUT2D eigenvalue weighted by atomic mass is 9.95. The minimum atomic E-state index is 0.0428. The number of unbranched alkanes of at least 4 members (excludes halogenated alkanes) is 1. The molecule has 0 bridgehead atoms. The number of nitrogens with zero attached hydrogens (tertiary/aromatic N) is 3. The molecule has 0 saturated heterocycles. The van der Waals surface area contributed by atoms with Crippen molar-refractivity contribution in [1.82, 2.24) is 20.1 Å². The Balaban J connectivity index is 1.70. The zero-order chi connectivity index (χ0) is 21.3. The highest BCUT2D eigenvalue weighted by Crippen LogP contribution is 2.33. The average Bonchev–Trinajstić information content (AvgIpc) is 3.15. The first-order valence-corrected chi connectivity index (χ1v) is 12.2. The van der Waals surface area contributed by atoms with Crippen molar-refractivity contribution in [1.29, 1.82) is 0 Å². The van der Waals surface area contributed by atoms with Crippen LogP contribution in [0.25, 0.3) is 0 Å². The Morgan fingerprint density at radius 3 is 2.83 bits per heavy atom. The molecule has 2 aromatic rings. The molecule has 1 aliphatic rings. The number of amides is 1. The van der Waals surface area contributed by atoms with Crippen LogP contribution in [-0.2, 0) is 11.4 Å². The summed E-state index contributed by atoms with van der Waals surface area (Å²) in [4.78, 5) is 12.1.